The van der Waals surface area contributed by atoms with E-state index in [1.807, 2.05) is 0 Å². The molecule has 0 aromatic carbocycles. The molecular formula is C23H44N2O4. The molecule has 0 saturated heterocycles. The van der Waals surface area contributed by atoms with E-state index >= 15 is 0 Å². The maximum Gasteiger partial charge on any atom is 0.320 e. The number of imide groups is 1. The first-order valence-electron chi connectivity index (χ1n) is 11.8. The third-order valence-electron chi connectivity index (χ3n) is 5.29. The van der Waals surface area contributed by atoms with E-state index in [0.717, 1.165) is 19.3 Å². The molecule has 0 saturated carbocycles. The fraction of sp³-hybridized carbons (Fsp3) is 0.870. The zero-order valence-electron chi connectivity index (χ0n) is 18.6. The number of carbonyl (C=O) groups excluding carboxylic acids is 2. The van der Waals surface area contributed by atoms with Crippen LogP contribution < -0.4 is 11.1 Å². The number of carboxylic acids is 1. The Kier molecular flexibility index (Phi) is 18.9. The number of rotatable bonds is 20. The van der Waals surface area contributed by atoms with Crippen molar-refractivity contribution in [2.75, 3.05) is 0 Å². The summed E-state index contributed by atoms with van der Waals surface area (Å²) in [6.07, 6.45) is 19.4. The Morgan fingerprint density at radius 1 is 0.690 bits per heavy atom. The lowest BCUT2D eigenvalue weighted by Crippen LogP contribution is -2.34. The van der Waals surface area contributed by atoms with Crippen LogP contribution in [0, 0.1) is 0 Å². The molecule has 0 unspecified atom stereocenters. The third-order valence-corrected chi connectivity index (χ3v) is 5.29. The van der Waals surface area contributed by atoms with Gasteiger partial charge < -0.3 is 10.8 Å². The smallest absolute Gasteiger partial charge is 0.320 e. The van der Waals surface area contributed by atoms with Gasteiger partial charge in [-0.25, -0.2) is 0 Å². The van der Waals surface area contributed by atoms with Crippen molar-refractivity contribution in [1.82, 2.24) is 5.32 Å². The van der Waals surface area contributed by atoms with Gasteiger partial charge in [0.1, 0.15) is 6.04 Å². The highest BCUT2D eigenvalue weighted by atomic mass is 16.4. The van der Waals surface area contributed by atoms with E-state index in [9.17, 15) is 14.4 Å². The Bertz CT molecular complexity index is 441. The highest BCUT2D eigenvalue weighted by Crippen LogP contribution is 2.13. The van der Waals surface area contributed by atoms with Crippen LogP contribution in [0.15, 0.2) is 0 Å². The Balaban J connectivity index is 3.34. The molecule has 0 radical (unpaired) electrons. The van der Waals surface area contributed by atoms with E-state index in [2.05, 4.69) is 12.2 Å². The number of hydrogen-bond acceptors (Lipinski definition) is 4. The van der Waals surface area contributed by atoms with Gasteiger partial charge in [-0.3, -0.25) is 19.7 Å². The molecule has 4 N–H and O–H groups in total. The molecule has 0 aromatic heterocycles. The van der Waals surface area contributed by atoms with E-state index in [0.29, 0.717) is 6.42 Å². The third kappa shape index (κ3) is 19.7. The second-order valence-corrected chi connectivity index (χ2v) is 8.15. The molecule has 29 heavy (non-hydrogen) atoms. The minimum atomic E-state index is -1.14. The minimum absolute atomic E-state index is 0.0351. The van der Waals surface area contributed by atoms with E-state index in [1.54, 1.807) is 0 Å². The summed E-state index contributed by atoms with van der Waals surface area (Å²) in [5, 5.41) is 11.0. The van der Waals surface area contributed by atoms with Crippen LogP contribution in [0.5, 0.6) is 0 Å². The standard InChI is InChI=1S/C23H44N2O4/c1-2-3-4-5-6-7-8-9-10-11-12-13-14-15-16-17-21(26)25-22(27)19-18-20(24)23(28)29/h20H,2-19,24H2,1H3,(H,28,29)(H,25,26,27)/t20-/m0/s1. The average molecular weight is 413 g/mol. The number of aliphatic carboxylic acids is 1. The van der Waals surface area contributed by atoms with Crippen LogP contribution in [0.4, 0.5) is 0 Å². The van der Waals surface area contributed by atoms with Crippen molar-refractivity contribution < 1.29 is 19.5 Å². The summed E-state index contributed by atoms with van der Waals surface area (Å²) >= 11 is 0. The van der Waals surface area contributed by atoms with Gasteiger partial charge in [0.25, 0.3) is 0 Å². The molecular weight excluding hydrogens is 368 g/mol. The highest BCUT2D eigenvalue weighted by Gasteiger charge is 2.14. The molecule has 6 heteroatoms. The largest absolute Gasteiger partial charge is 0.480 e. The number of unbranched alkanes of at least 4 members (excludes halogenated alkanes) is 14. The predicted octanol–water partition coefficient (Wildman–Crippen LogP) is 5.08. The van der Waals surface area contributed by atoms with Crippen LogP contribution >= 0.6 is 0 Å². The van der Waals surface area contributed by atoms with Crippen molar-refractivity contribution in [3.05, 3.63) is 0 Å². The maximum atomic E-state index is 11.7. The zero-order chi connectivity index (χ0) is 21.7. The number of hydrogen-bond donors (Lipinski definition) is 3. The lowest BCUT2D eigenvalue weighted by atomic mass is 10.0. The molecule has 170 valence electrons. The molecule has 0 aliphatic rings. The molecule has 0 spiro atoms. The van der Waals surface area contributed by atoms with Gasteiger partial charge in [0.05, 0.1) is 0 Å². The number of carboxylic acid groups (broad SMARTS) is 1. The SMILES string of the molecule is CCCCCCCCCCCCCCCCCC(=O)NC(=O)CC[C@H](N)C(=O)O. The molecule has 0 bridgehead atoms. The van der Waals surface area contributed by atoms with Crippen molar-refractivity contribution in [2.24, 2.45) is 5.73 Å². The summed E-state index contributed by atoms with van der Waals surface area (Å²) in [6.45, 7) is 2.26. The van der Waals surface area contributed by atoms with E-state index in [1.165, 1.54) is 77.0 Å². The quantitative estimate of drug-likeness (QED) is 0.241. The average Bonchev–Trinajstić information content (AvgIpc) is 2.68. The molecule has 0 rings (SSSR count). The lowest BCUT2D eigenvalue weighted by Gasteiger charge is -2.07. The summed E-state index contributed by atoms with van der Waals surface area (Å²) in [5.74, 6) is -1.87. The molecule has 0 aliphatic carbocycles. The molecule has 2 amide bonds. The predicted molar refractivity (Wildman–Crippen MR) is 118 cm³/mol. The van der Waals surface area contributed by atoms with Crippen LogP contribution in [0.1, 0.15) is 122 Å². The fourth-order valence-electron chi connectivity index (χ4n) is 3.35. The van der Waals surface area contributed by atoms with Crippen molar-refractivity contribution >= 4 is 17.8 Å². The highest BCUT2D eigenvalue weighted by molar-refractivity contribution is 5.95. The van der Waals surface area contributed by atoms with Crippen LogP contribution in [0.3, 0.4) is 0 Å². The van der Waals surface area contributed by atoms with Gasteiger partial charge in [-0.2, -0.15) is 0 Å². The van der Waals surface area contributed by atoms with Crippen molar-refractivity contribution in [3.8, 4) is 0 Å². The summed E-state index contributed by atoms with van der Waals surface area (Å²) in [6, 6.07) is -1.06. The van der Waals surface area contributed by atoms with Gasteiger partial charge in [0.15, 0.2) is 0 Å². The second-order valence-electron chi connectivity index (χ2n) is 8.15. The number of nitrogens with one attached hydrogen (secondary N) is 1. The first kappa shape index (κ1) is 27.6. The Morgan fingerprint density at radius 2 is 1.07 bits per heavy atom. The zero-order valence-corrected chi connectivity index (χ0v) is 18.6. The Morgan fingerprint density at radius 3 is 1.48 bits per heavy atom. The Hall–Kier alpha value is -1.43. The van der Waals surface area contributed by atoms with Gasteiger partial charge in [-0.05, 0) is 12.8 Å². The topological polar surface area (TPSA) is 109 Å². The van der Waals surface area contributed by atoms with Gasteiger partial charge >= 0.3 is 5.97 Å². The summed E-state index contributed by atoms with van der Waals surface area (Å²) in [4.78, 5) is 33.8. The van der Waals surface area contributed by atoms with Crippen molar-refractivity contribution in [3.63, 3.8) is 0 Å². The maximum absolute atomic E-state index is 11.7. The Labute approximate surface area is 177 Å². The summed E-state index contributed by atoms with van der Waals surface area (Å²) < 4.78 is 0. The summed E-state index contributed by atoms with van der Waals surface area (Å²) in [5.41, 5.74) is 5.33. The van der Waals surface area contributed by atoms with Gasteiger partial charge in [0.2, 0.25) is 11.8 Å². The second kappa shape index (κ2) is 19.9. The van der Waals surface area contributed by atoms with E-state index in [4.69, 9.17) is 10.8 Å². The molecule has 0 heterocycles. The van der Waals surface area contributed by atoms with E-state index in [-0.39, 0.29) is 18.7 Å². The normalized spacial score (nSPS) is 11.9. The number of carbonyl (C=O) groups is 3. The van der Waals surface area contributed by atoms with E-state index < -0.39 is 17.9 Å². The molecule has 6 nitrogen and oxygen atoms in total. The summed E-state index contributed by atoms with van der Waals surface area (Å²) in [7, 11) is 0. The van der Waals surface area contributed by atoms with Crippen molar-refractivity contribution in [1.29, 1.82) is 0 Å². The van der Waals surface area contributed by atoms with Crippen LogP contribution in [0.25, 0.3) is 0 Å². The molecule has 0 aliphatic heterocycles. The van der Waals surface area contributed by atoms with Crippen molar-refractivity contribution in [2.45, 2.75) is 129 Å². The van der Waals surface area contributed by atoms with Crippen LogP contribution in [0.2, 0.25) is 0 Å². The van der Waals surface area contributed by atoms with Gasteiger partial charge in [-0.15, -0.1) is 0 Å². The fourth-order valence-corrected chi connectivity index (χ4v) is 3.35. The molecule has 1 atom stereocenters. The van der Waals surface area contributed by atoms with Crippen LogP contribution in [-0.2, 0) is 14.4 Å². The molecule has 0 aromatic rings. The number of nitrogens with two attached hydrogens (primary N) is 1. The lowest BCUT2D eigenvalue weighted by molar-refractivity contribution is -0.138. The first-order valence-corrected chi connectivity index (χ1v) is 11.8. The number of amides is 2. The molecule has 0 fully saturated rings. The first-order chi connectivity index (χ1) is 14.0. The van der Waals surface area contributed by atoms with Gasteiger partial charge in [-0.1, -0.05) is 96.8 Å². The monoisotopic (exact) mass is 412 g/mol. The minimum Gasteiger partial charge on any atom is -0.480 e. The van der Waals surface area contributed by atoms with Gasteiger partial charge in [0, 0.05) is 12.8 Å². The van der Waals surface area contributed by atoms with Crippen LogP contribution in [-0.4, -0.2) is 28.9 Å².